The van der Waals surface area contributed by atoms with Crippen LogP contribution in [-0.4, -0.2) is 22.4 Å². The average molecular weight is 222 g/mol. The van der Waals surface area contributed by atoms with Crippen LogP contribution >= 0.6 is 0 Å². The summed E-state index contributed by atoms with van der Waals surface area (Å²) in [5, 5.41) is 19.8. The minimum Gasteiger partial charge on any atom is -0.393 e. The van der Waals surface area contributed by atoms with Crippen molar-refractivity contribution >= 4 is 0 Å². The van der Waals surface area contributed by atoms with Gasteiger partial charge in [0.15, 0.2) is 0 Å². The standard InChI is InChI=1S/C14H22O2/c1-9(2)10-4-5-12-13(16)6-11(15)8-14(12,3)7-10/h5,10-11,13,15-16H,1,4,6-8H2,2-3H3/t10-,11-,13-,14-/m1/s1. The lowest BCUT2D eigenvalue weighted by Gasteiger charge is -2.46. The molecule has 0 aromatic heterocycles. The van der Waals surface area contributed by atoms with Crippen LogP contribution in [0.2, 0.25) is 0 Å². The van der Waals surface area contributed by atoms with E-state index in [2.05, 4.69) is 26.5 Å². The first-order valence-electron chi connectivity index (χ1n) is 6.14. The highest BCUT2D eigenvalue weighted by Gasteiger charge is 2.43. The molecule has 0 spiro atoms. The van der Waals surface area contributed by atoms with Gasteiger partial charge in [0, 0.05) is 6.42 Å². The van der Waals surface area contributed by atoms with Gasteiger partial charge in [0.25, 0.3) is 0 Å². The Kier molecular flexibility index (Phi) is 2.97. The van der Waals surface area contributed by atoms with Crippen LogP contribution in [-0.2, 0) is 0 Å². The highest BCUT2D eigenvalue weighted by Crippen LogP contribution is 2.50. The first kappa shape index (κ1) is 11.9. The van der Waals surface area contributed by atoms with Crippen LogP contribution < -0.4 is 0 Å². The van der Waals surface area contributed by atoms with Gasteiger partial charge >= 0.3 is 0 Å². The Labute approximate surface area is 97.7 Å². The molecule has 2 heteroatoms. The van der Waals surface area contributed by atoms with Crippen molar-refractivity contribution in [2.24, 2.45) is 11.3 Å². The molecule has 1 saturated carbocycles. The molecule has 0 aromatic rings. The van der Waals surface area contributed by atoms with Crippen molar-refractivity contribution in [3.8, 4) is 0 Å². The first-order valence-corrected chi connectivity index (χ1v) is 6.14. The predicted octanol–water partition coefficient (Wildman–Crippen LogP) is 2.42. The van der Waals surface area contributed by atoms with Gasteiger partial charge in [-0.15, -0.1) is 0 Å². The second-order valence-electron chi connectivity index (χ2n) is 5.81. The summed E-state index contributed by atoms with van der Waals surface area (Å²) in [6.45, 7) is 8.27. The fourth-order valence-corrected chi connectivity index (χ4v) is 3.36. The summed E-state index contributed by atoms with van der Waals surface area (Å²) in [4.78, 5) is 0. The van der Waals surface area contributed by atoms with Crippen molar-refractivity contribution in [3.05, 3.63) is 23.8 Å². The summed E-state index contributed by atoms with van der Waals surface area (Å²) >= 11 is 0. The molecule has 4 atom stereocenters. The van der Waals surface area contributed by atoms with Crippen LogP contribution in [0.15, 0.2) is 23.8 Å². The topological polar surface area (TPSA) is 40.5 Å². The summed E-state index contributed by atoms with van der Waals surface area (Å²) in [7, 11) is 0. The molecule has 2 aliphatic carbocycles. The lowest BCUT2D eigenvalue weighted by Crippen LogP contribution is -2.42. The summed E-state index contributed by atoms with van der Waals surface area (Å²) in [6.07, 6.45) is 4.66. The van der Waals surface area contributed by atoms with Crippen LogP contribution in [0.4, 0.5) is 0 Å². The summed E-state index contributed by atoms with van der Waals surface area (Å²) in [6, 6.07) is 0. The van der Waals surface area contributed by atoms with E-state index in [1.54, 1.807) is 0 Å². The van der Waals surface area contributed by atoms with Crippen LogP contribution in [0.1, 0.15) is 39.5 Å². The lowest BCUT2D eigenvalue weighted by atomic mass is 9.61. The lowest BCUT2D eigenvalue weighted by molar-refractivity contribution is 0.0128. The maximum Gasteiger partial charge on any atom is 0.0780 e. The van der Waals surface area contributed by atoms with Crippen molar-refractivity contribution in [3.63, 3.8) is 0 Å². The van der Waals surface area contributed by atoms with E-state index in [9.17, 15) is 10.2 Å². The molecule has 0 saturated heterocycles. The smallest absolute Gasteiger partial charge is 0.0780 e. The van der Waals surface area contributed by atoms with Gasteiger partial charge < -0.3 is 10.2 Å². The van der Waals surface area contributed by atoms with Crippen molar-refractivity contribution in [2.45, 2.75) is 51.7 Å². The third-order valence-electron chi connectivity index (χ3n) is 4.25. The largest absolute Gasteiger partial charge is 0.393 e. The van der Waals surface area contributed by atoms with Gasteiger partial charge in [-0.3, -0.25) is 0 Å². The van der Waals surface area contributed by atoms with Gasteiger partial charge in [0.1, 0.15) is 0 Å². The number of hydrogen-bond donors (Lipinski definition) is 2. The SMILES string of the molecule is C=C(C)[C@@H]1CC=C2[C@H](O)C[C@@H](O)C[C@@]2(C)C1. The Morgan fingerprint density at radius 3 is 2.75 bits per heavy atom. The van der Waals surface area contributed by atoms with E-state index in [-0.39, 0.29) is 11.5 Å². The maximum atomic E-state index is 10.0. The van der Waals surface area contributed by atoms with Crippen molar-refractivity contribution in [1.29, 1.82) is 0 Å². The molecular weight excluding hydrogens is 200 g/mol. The monoisotopic (exact) mass is 222 g/mol. The van der Waals surface area contributed by atoms with Crippen LogP contribution in [0, 0.1) is 11.3 Å². The highest BCUT2D eigenvalue weighted by atomic mass is 16.3. The molecule has 2 rings (SSSR count). The molecule has 90 valence electrons. The van der Waals surface area contributed by atoms with Gasteiger partial charge in [0.2, 0.25) is 0 Å². The van der Waals surface area contributed by atoms with E-state index in [0.29, 0.717) is 12.3 Å². The Morgan fingerprint density at radius 1 is 1.44 bits per heavy atom. The fraction of sp³-hybridized carbons (Fsp3) is 0.714. The molecule has 0 aliphatic heterocycles. The van der Waals surface area contributed by atoms with E-state index in [1.807, 2.05) is 0 Å². The summed E-state index contributed by atoms with van der Waals surface area (Å²) in [5.41, 5.74) is 2.33. The fourth-order valence-electron chi connectivity index (χ4n) is 3.36. The van der Waals surface area contributed by atoms with Gasteiger partial charge in [-0.2, -0.15) is 0 Å². The molecule has 2 N–H and O–H groups in total. The van der Waals surface area contributed by atoms with E-state index >= 15 is 0 Å². The molecular formula is C14H22O2. The zero-order valence-electron chi connectivity index (χ0n) is 10.2. The van der Waals surface area contributed by atoms with E-state index in [1.165, 1.54) is 5.57 Å². The van der Waals surface area contributed by atoms with E-state index in [0.717, 1.165) is 24.8 Å². The van der Waals surface area contributed by atoms with Gasteiger partial charge in [-0.05, 0) is 43.1 Å². The normalized spacial score (nSPS) is 43.5. The molecule has 1 fully saturated rings. The minimum absolute atomic E-state index is 0.0288. The molecule has 0 amide bonds. The van der Waals surface area contributed by atoms with Crippen LogP contribution in [0.5, 0.6) is 0 Å². The third-order valence-corrected chi connectivity index (χ3v) is 4.25. The second kappa shape index (κ2) is 4.01. The molecule has 0 unspecified atom stereocenters. The molecule has 2 aliphatic rings. The van der Waals surface area contributed by atoms with Crippen molar-refractivity contribution in [1.82, 2.24) is 0 Å². The minimum atomic E-state index is -0.445. The Hall–Kier alpha value is -0.600. The van der Waals surface area contributed by atoms with Crippen LogP contribution in [0.25, 0.3) is 0 Å². The van der Waals surface area contributed by atoms with Gasteiger partial charge in [-0.25, -0.2) is 0 Å². The maximum absolute atomic E-state index is 10.0. The zero-order chi connectivity index (χ0) is 11.9. The molecule has 0 aromatic carbocycles. The summed E-state index contributed by atoms with van der Waals surface area (Å²) in [5.74, 6) is 0.506. The average Bonchev–Trinajstić information content (AvgIpc) is 2.14. The van der Waals surface area contributed by atoms with Gasteiger partial charge in [0.05, 0.1) is 12.2 Å². The van der Waals surface area contributed by atoms with E-state index < -0.39 is 6.10 Å². The Bertz CT molecular complexity index is 332. The van der Waals surface area contributed by atoms with Gasteiger partial charge in [-0.1, -0.05) is 25.2 Å². The summed E-state index contributed by atoms with van der Waals surface area (Å²) < 4.78 is 0. The number of aliphatic hydroxyl groups is 2. The number of fused-ring (bicyclic) bond motifs is 1. The molecule has 2 nitrogen and oxygen atoms in total. The molecule has 0 heterocycles. The number of hydrogen-bond acceptors (Lipinski definition) is 2. The Balaban J connectivity index is 2.27. The van der Waals surface area contributed by atoms with E-state index in [4.69, 9.17) is 0 Å². The van der Waals surface area contributed by atoms with Crippen molar-refractivity contribution in [2.75, 3.05) is 0 Å². The Morgan fingerprint density at radius 2 is 2.12 bits per heavy atom. The number of rotatable bonds is 1. The zero-order valence-corrected chi connectivity index (χ0v) is 10.2. The quantitative estimate of drug-likeness (QED) is 0.669. The van der Waals surface area contributed by atoms with Crippen LogP contribution in [0.3, 0.4) is 0 Å². The second-order valence-corrected chi connectivity index (χ2v) is 5.81. The highest BCUT2D eigenvalue weighted by molar-refractivity contribution is 5.26. The number of aliphatic hydroxyl groups excluding tert-OH is 2. The number of allylic oxidation sites excluding steroid dienone is 2. The molecule has 0 radical (unpaired) electrons. The van der Waals surface area contributed by atoms with Crippen molar-refractivity contribution < 1.29 is 10.2 Å². The molecule has 0 bridgehead atoms. The predicted molar refractivity (Wildman–Crippen MR) is 65.0 cm³/mol. The first-order chi connectivity index (χ1) is 7.42. The molecule has 16 heavy (non-hydrogen) atoms. The third kappa shape index (κ3) is 1.96.